The third kappa shape index (κ3) is 4.90. The number of aromatic nitrogens is 2. The van der Waals surface area contributed by atoms with E-state index in [4.69, 9.17) is 16.0 Å². The molecule has 0 aliphatic carbocycles. The van der Waals surface area contributed by atoms with Crippen LogP contribution in [0.3, 0.4) is 0 Å². The summed E-state index contributed by atoms with van der Waals surface area (Å²) in [6.07, 6.45) is 2.87. The molecule has 1 amide bonds. The molecule has 0 radical (unpaired) electrons. The van der Waals surface area contributed by atoms with Crippen LogP contribution < -0.4 is 5.32 Å². The number of amides is 1. The van der Waals surface area contributed by atoms with Crippen molar-refractivity contribution in [2.45, 2.75) is 24.0 Å². The van der Waals surface area contributed by atoms with Crippen LogP contribution in [0, 0.1) is 0 Å². The number of sulfone groups is 1. The minimum atomic E-state index is -3.36. The van der Waals surface area contributed by atoms with E-state index in [1.807, 2.05) is 6.07 Å². The van der Waals surface area contributed by atoms with Crippen LogP contribution in [0.25, 0.3) is 17.5 Å². The lowest BCUT2D eigenvalue weighted by Gasteiger charge is -2.07. The van der Waals surface area contributed by atoms with Gasteiger partial charge in [0.2, 0.25) is 5.89 Å². The second-order valence-electron chi connectivity index (χ2n) is 6.37. The van der Waals surface area contributed by atoms with Crippen LogP contribution in [0.4, 0.5) is 6.01 Å². The predicted octanol–water partition coefficient (Wildman–Crippen LogP) is 4.22. The zero-order valence-electron chi connectivity index (χ0n) is 15.7. The van der Waals surface area contributed by atoms with Gasteiger partial charge in [0, 0.05) is 16.7 Å². The first-order chi connectivity index (χ1) is 13.8. The maximum atomic E-state index is 12.2. The van der Waals surface area contributed by atoms with E-state index >= 15 is 0 Å². The molecule has 7 nitrogen and oxygen atoms in total. The highest BCUT2D eigenvalue weighted by atomic mass is 35.5. The molecule has 0 saturated heterocycles. The van der Waals surface area contributed by atoms with Crippen molar-refractivity contribution < 1.29 is 17.6 Å². The molecule has 0 unspecified atom stereocenters. The van der Waals surface area contributed by atoms with Gasteiger partial charge >= 0.3 is 6.01 Å². The number of hydrogen-bond acceptors (Lipinski definition) is 6. The van der Waals surface area contributed by atoms with Crippen molar-refractivity contribution in [3.63, 3.8) is 0 Å². The van der Waals surface area contributed by atoms with Gasteiger partial charge in [-0.2, -0.15) is 0 Å². The van der Waals surface area contributed by atoms with Crippen molar-refractivity contribution in [2.75, 3.05) is 5.32 Å². The van der Waals surface area contributed by atoms with Crippen molar-refractivity contribution >= 4 is 39.4 Å². The fourth-order valence-electron chi connectivity index (χ4n) is 2.37. The molecule has 1 N–H and O–H groups in total. The molecule has 2 aromatic carbocycles. The van der Waals surface area contributed by atoms with E-state index < -0.39 is 21.0 Å². The molecule has 1 aromatic heterocycles. The van der Waals surface area contributed by atoms with Gasteiger partial charge in [-0.05, 0) is 55.8 Å². The molecule has 0 aliphatic rings. The van der Waals surface area contributed by atoms with E-state index in [1.54, 1.807) is 50.3 Å². The highest BCUT2D eigenvalue weighted by Crippen LogP contribution is 2.23. The predicted molar refractivity (Wildman–Crippen MR) is 111 cm³/mol. The Morgan fingerprint density at radius 3 is 2.45 bits per heavy atom. The summed E-state index contributed by atoms with van der Waals surface area (Å²) in [7, 11) is -3.36. The average molecular weight is 432 g/mol. The second-order valence-corrected chi connectivity index (χ2v) is 9.29. The van der Waals surface area contributed by atoms with Crippen LogP contribution >= 0.6 is 11.6 Å². The van der Waals surface area contributed by atoms with Crippen LogP contribution in [0.15, 0.2) is 63.9 Å². The van der Waals surface area contributed by atoms with E-state index in [0.717, 1.165) is 0 Å². The van der Waals surface area contributed by atoms with Crippen molar-refractivity contribution in [1.29, 1.82) is 0 Å². The fourth-order valence-corrected chi connectivity index (χ4v) is 3.63. The summed E-state index contributed by atoms with van der Waals surface area (Å²) < 4.78 is 29.8. The minimum Gasteiger partial charge on any atom is -0.403 e. The Morgan fingerprint density at radius 2 is 1.79 bits per heavy atom. The third-order valence-electron chi connectivity index (χ3n) is 4.03. The van der Waals surface area contributed by atoms with Crippen molar-refractivity contribution in [2.24, 2.45) is 0 Å². The number of rotatable bonds is 6. The first kappa shape index (κ1) is 20.8. The van der Waals surface area contributed by atoms with Crippen LogP contribution in [-0.4, -0.2) is 29.8 Å². The van der Waals surface area contributed by atoms with Crippen molar-refractivity contribution in [3.8, 4) is 11.5 Å². The Labute approximate surface area is 173 Å². The number of carbonyl (C=O) groups is 1. The summed E-state index contributed by atoms with van der Waals surface area (Å²) in [5.41, 5.74) is 1.24. The summed E-state index contributed by atoms with van der Waals surface area (Å²) in [6, 6.07) is 13.2. The van der Waals surface area contributed by atoms with Crippen LogP contribution in [-0.2, 0) is 14.6 Å². The smallest absolute Gasteiger partial charge is 0.322 e. The second kappa shape index (κ2) is 8.59. The van der Waals surface area contributed by atoms with Crippen LogP contribution in [0.2, 0.25) is 5.02 Å². The minimum absolute atomic E-state index is 0.0762. The topological polar surface area (TPSA) is 102 Å². The zero-order valence-corrected chi connectivity index (χ0v) is 17.2. The van der Waals surface area contributed by atoms with E-state index in [2.05, 4.69) is 15.5 Å². The molecule has 0 aliphatic heterocycles. The van der Waals surface area contributed by atoms with E-state index in [0.29, 0.717) is 16.1 Å². The Hall–Kier alpha value is -2.97. The number of nitrogens with zero attached hydrogens (tertiary/aromatic N) is 2. The molecule has 0 bridgehead atoms. The molecule has 0 fully saturated rings. The van der Waals surface area contributed by atoms with Gasteiger partial charge in [-0.25, -0.2) is 8.42 Å². The lowest BCUT2D eigenvalue weighted by Crippen LogP contribution is -2.13. The number of nitrogens with one attached hydrogen (secondary N) is 1. The molecule has 3 rings (SSSR count). The summed E-state index contributed by atoms with van der Waals surface area (Å²) in [6.45, 7) is 3.24. The van der Waals surface area contributed by atoms with Crippen molar-refractivity contribution in [3.05, 3.63) is 65.2 Å². The van der Waals surface area contributed by atoms with Gasteiger partial charge < -0.3 is 4.42 Å². The molecule has 9 heteroatoms. The summed E-state index contributed by atoms with van der Waals surface area (Å²) >= 11 is 6.03. The fraction of sp³-hybridized carbons (Fsp3) is 0.150. The molecular weight excluding hydrogens is 414 g/mol. The van der Waals surface area contributed by atoms with E-state index in [1.165, 1.54) is 18.2 Å². The zero-order chi connectivity index (χ0) is 21.0. The Balaban J connectivity index is 1.69. The summed E-state index contributed by atoms with van der Waals surface area (Å²) in [4.78, 5) is 12.2. The molecule has 0 spiro atoms. The summed E-state index contributed by atoms with van der Waals surface area (Å²) in [5.74, 6) is -0.303. The maximum absolute atomic E-state index is 12.2. The van der Waals surface area contributed by atoms with E-state index in [-0.39, 0.29) is 16.8 Å². The monoisotopic (exact) mass is 431 g/mol. The standard InChI is InChI=1S/C20H18ClN3O4S/c1-13(2)29(26,27)16-10-7-15(8-11-16)19-23-24-20(28-19)22-18(25)12-9-14-5-3-4-6-17(14)21/h3-13H,1-2H3,(H,22,24,25). The van der Waals surface area contributed by atoms with Gasteiger partial charge in [-0.3, -0.25) is 10.1 Å². The number of benzene rings is 2. The van der Waals surface area contributed by atoms with Crippen LogP contribution in [0.1, 0.15) is 19.4 Å². The molecule has 29 heavy (non-hydrogen) atoms. The highest BCUT2D eigenvalue weighted by Gasteiger charge is 2.19. The lowest BCUT2D eigenvalue weighted by atomic mass is 10.2. The number of carbonyl (C=O) groups excluding carboxylic acids is 1. The quantitative estimate of drug-likeness (QED) is 0.586. The Kier molecular flexibility index (Phi) is 6.14. The lowest BCUT2D eigenvalue weighted by molar-refractivity contribution is -0.112. The summed E-state index contributed by atoms with van der Waals surface area (Å²) in [5, 5.41) is 10.1. The molecule has 0 atom stereocenters. The largest absolute Gasteiger partial charge is 0.403 e. The first-order valence-corrected chi connectivity index (χ1v) is 10.6. The van der Waals surface area contributed by atoms with Gasteiger partial charge in [0.25, 0.3) is 5.91 Å². The molecule has 3 aromatic rings. The highest BCUT2D eigenvalue weighted by molar-refractivity contribution is 7.92. The van der Waals surface area contributed by atoms with Gasteiger partial charge in [0.1, 0.15) is 0 Å². The van der Waals surface area contributed by atoms with Gasteiger partial charge in [-0.15, -0.1) is 5.10 Å². The number of hydrogen-bond donors (Lipinski definition) is 1. The number of halogens is 1. The van der Waals surface area contributed by atoms with Gasteiger partial charge in [-0.1, -0.05) is 34.9 Å². The van der Waals surface area contributed by atoms with Crippen molar-refractivity contribution in [1.82, 2.24) is 10.2 Å². The third-order valence-corrected chi connectivity index (χ3v) is 6.54. The molecule has 0 saturated carbocycles. The molecule has 150 valence electrons. The Bertz CT molecular complexity index is 1150. The van der Waals surface area contributed by atoms with E-state index in [9.17, 15) is 13.2 Å². The SMILES string of the molecule is CC(C)S(=O)(=O)c1ccc(-c2nnc(NC(=O)C=Cc3ccccc3Cl)o2)cc1. The number of anilines is 1. The van der Waals surface area contributed by atoms with Gasteiger partial charge in [0.05, 0.1) is 10.1 Å². The normalized spacial score (nSPS) is 11.9. The van der Waals surface area contributed by atoms with Crippen LogP contribution in [0.5, 0.6) is 0 Å². The maximum Gasteiger partial charge on any atom is 0.322 e. The Morgan fingerprint density at radius 1 is 1.10 bits per heavy atom. The molecular formula is C20H18ClN3O4S. The molecule has 1 heterocycles. The van der Waals surface area contributed by atoms with Gasteiger partial charge in [0.15, 0.2) is 9.84 Å². The first-order valence-electron chi connectivity index (χ1n) is 8.69. The average Bonchev–Trinajstić information content (AvgIpc) is 3.15.